The van der Waals surface area contributed by atoms with E-state index in [1.807, 2.05) is 23.3 Å². The molecule has 0 spiro atoms. The number of piperidine rings is 1. The summed E-state index contributed by atoms with van der Waals surface area (Å²) in [5, 5.41) is 4.25. The second kappa shape index (κ2) is 5.42. The van der Waals surface area contributed by atoms with Crippen LogP contribution in [0.3, 0.4) is 0 Å². The summed E-state index contributed by atoms with van der Waals surface area (Å²) in [7, 11) is 0. The van der Waals surface area contributed by atoms with Crippen molar-refractivity contribution in [3.8, 4) is 0 Å². The van der Waals surface area contributed by atoms with E-state index in [0.717, 1.165) is 37.6 Å². The number of anilines is 1. The number of rotatable bonds is 2. The molecule has 2 aromatic heterocycles. The fourth-order valence-corrected chi connectivity index (χ4v) is 2.65. The molecule has 0 aliphatic carbocycles. The largest absolute Gasteiger partial charge is 0.356 e. The highest BCUT2D eigenvalue weighted by Crippen LogP contribution is 2.26. The van der Waals surface area contributed by atoms with Gasteiger partial charge in [0.25, 0.3) is 0 Å². The monoisotopic (exact) mass is 286 g/mol. The summed E-state index contributed by atoms with van der Waals surface area (Å²) < 4.78 is 1.97. The van der Waals surface area contributed by atoms with Crippen molar-refractivity contribution in [1.29, 1.82) is 0 Å². The molecule has 2 aromatic rings. The minimum atomic E-state index is -0.0188. The van der Waals surface area contributed by atoms with Crippen molar-refractivity contribution >= 4 is 5.82 Å². The van der Waals surface area contributed by atoms with Gasteiger partial charge in [0.1, 0.15) is 24.3 Å². The smallest absolute Gasteiger partial charge is 0.137 e. The van der Waals surface area contributed by atoms with Gasteiger partial charge in [0, 0.05) is 24.7 Å². The van der Waals surface area contributed by atoms with Gasteiger partial charge in [0.05, 0.1) is 6.04 Å². The van der Waals surface area contributed by atoms with Gasteiger partial charge in [-0.05, 0) is 18.9 Å². The standard InChI is InChI=1S/C15H22N6/c1-15(2,3)14-17-7-4-13(19-14)20-8-5-12(6-9-20)21-11-16-10-18-21/h4,7,10-12H,5-6,8-9H2,1-3H3. The average Bonchev–Trinajstić information content (AvgIpc) is 3.01. The van der Waals surface area contributed by atoms with Gasteiger partial charge in [0.15, 0.2) is 0 Å². The van der Waals surface area contributed by atoms with Crippen molar-refractivity contribution in [3.63, 3.8) is 0 Å². The molecule has 1 fully saturated rings. The molecule has 21 heavy (non-hydrogen) atoms. The zero-order valence-electron chi connectivity index (χ0n) is 12.9. The van der Waals surface area contributed by atoms with Crippen LogP contribution >= 0.6 is 0 Å². The first kappa shape index (κ1) is 14.0. The second-order valence-electron chi connectivity index (χ2n) is 6.58. The third-order valence-corrected chi connectivity index (χ3v) is 3.91. The van der Waals surface area contributed by atoms with Gasteiger partial charge >= 0.3 is 0 Å². The molecule has 1 aliphatic heterocycles. The van der Waals surface area contributed by atoms with Gasteiger partial charge in [-0.3, -0.25) is 0 Å². The highest BCUT2D eigenvalue weighted by Gasteiger charge is 2.23. The van der Waals surface area contributed by atoms with E-state index in [4.69, 9.17) is 4.98 Å². The van der Waals surface area contributed by atoms with Crippen LogP contribution in [-0.4, -0.2) is 37.8 Å². The minimum absolute atomic E-state index is 0.0188. The lowest BCUT2D eigenvalue weighted by Gasteiger charge is -2.33. The van der Waals surface area contributed by atoms with Gasteiger partial charge in [0.2, 0.25) is 0 Å². The molecule has 3 rings (SSSR count). The summed E-state index contributed by atoms with van der Waals surface area (Å²) in [4.78, 5) is 15.5. The molecule has 112 valence electrons. The SMILES string of the molecule is CC(C)(C)c1nccc(N2CCC(n3cncn3)CC2)n1. The fourth-order valence-electron chi connectivity index (χ4n) is 2.65. The molecule has 0 amide bonds. The maximum atomic E-state index is 4.74. The molecule has 0 radical (unpaired) electrons. The van der Waals surface area contributed by atoms with E-state index in [1.165, 1.54) is 0 Å². The fraction of sp³-hybridized carbons (Fsp3) is 0.600. The lowest BCUT2D eigenvalue weighted by molar-refractivity contribution is 0.364. The molecule has 0 saturated carbocycles. The Kier molecular flexibility index (Phi) is 3.61. The molecule has 6 heteroatoms. The third kappa shape index (κ3) is 3.04. The van der Waals surface area contributed by atoms with Crippen molar-refractivity contribution in [1.82, 2.24) is 24.7 Å². The Bertz CT molecular complexity index is 578. The molecule has 0 unspecified atom stereocenters. The summed E-state index contributed by atoms with van der Waals surface area (Å²) in [6.07, 6.45) is 7.41. The second-order valence-corrected chi connectivity index (χ2v) is 6.58. The van der Waals surface area contributed by atoms with Gasteiger partial charge in [-0.25, -0.2) is 19.6 Å². The van der Waals surface area contributed by atoms with Crippen LogP contribution < -0.4 is 4.90 Å². The van der Waals surface area contributed by atoms with Gasteiger partial charge in [-0.15, -0.1) is 0 Å². The van der Waals surface area contributed by atoms with Gasteiger partial charge < -0.3 is 4.90 Å². The third-order valence-electron chi connectivity index (χ3n) is 3.91. The lowest BCUT2D eigenvalue weighted by atomic mass is 9.96. The number of aromatic nitrogens is 5. The summed E-state index contributed by atoms with van der Waals surface area (Å²) >= 11 is 0. The maximum absolute atomic E-state index is 4.74. The normalized spacial score (nSPS) is 17.2. The van der Waals surface area contributed by atoms with Crippen LogP contribution in [0.2, 0.25) is 0 Å². The summed E-state index contributed by atoms with van der Waals surface area (Å²) in [5.41, 5.74) is -0.0188. The Morgan fingerprint density at radius 2 is 1.95 bits per heavy atom. The van der Waals surface area contributed by atoms with Crippen molar-refractivity contribution < 1.29 is 0 Å². The Labute approximate surface area is 125 Å². The minimum Gasteiger partial charge on any atom is -0.356 e. The predicted molar refractivity (Wildman–Crippen MR) is 81.2 cm³/mol. The van der Waals surface area contributed by atoms with Crippen molar-refractivity contribution in [2.24, 2.45) is 0 Å². The summed E-state index contributed by atoms with van der Waals surface area (Å²) in [6, 6.07) is 2.46. The van der Waals surface area contributed by atoms with Crippen molar-refractivity contribution in [2.45, 2.75) is 45.1 Å². The first-order valence-corrected chi connectivity index (χ1v) is 7.46. The molecule has 0 atom stereocenters. The van der Waals surface area contributed by atoms with Gasteiger partial charge in [-0.2, -0.15) is 5.10 Å². The van der Waals surface area contributed by atoms with Crippen LogP contribution in [-0.2, 0) is 5.41 Å². The number of hydrogen-bond donors (Lipinski definition) is 0. The van der Waals surface area contributed by atoms with E-state index in [0.29, 0.717) is 6.04 Å². The molecular formula is C15H22N6. The Morgan fingerprint density at radius 1 is 1.19 bits per heavy atom. The quantitative estimate of drug-likeness (QED) is 0.847. The van der Waals surface area contributed by atoms with Crippen LogP contribution in [0.4, 0.5) is 5.82 Å². The lowest BCUT2D eigenvalue weighted by Crippen LogP contribution is -2.35. The van der Waals surface area contributed by atoms with Crippen LogP contribution in [0, 0.1) is 0 Å². The highest BCUT2D eigenvalue weighted by molar-refractivity contribution is 5.38. The Balaban J connectivity index is 1.70. The van der Waals surface area contributed by atoms with Crippen LogP contribution in [0.15, 0.2) is 24.9 Å². The molecule has 3 heterocycles. The van der Waals surface area contributed by atoms with Gasteiger partial charge in [-0.1, -0.05) is 20.8 Å². The van der Waals surface area contributed by atoms with E-state index in [2.05, 4.69) is 40.7 Å². The molecule has 1 saturated heterocycles. The van der Waals surface area contributed by atoms with Crippen molar-refractivity contribution in [2.75, 3.05) is 18.0 Å². The predicted octanol–water partition coefficient (Wildman–Crippen LogP) is 2.21. The first-order valence-electron chi connectivity index (χ1n) is 7.46. The Morgan fingerprint density at radius 3 is 2.57 bits per heavy atom. The highest BCUT2D eigenvalue weighted by atomic mass is 15.3. The molecule has 0 bridgehead atoms. The average molecular weight is 286 g/mol. The number of nitrogens with zero attached hydrogens (tertiary/aromatic N) is 6. The molecule has 6 nitrogen and oxygen atoms in total. The molecular weight excluding hydrogens is 264 g/mol. The van der Waals surface area contributed by atoms with E-state index >= 15 is 0 Å². The maximum Gasteiger partial charge on any atom is 0.137 e. The van der Waals surface area contributed by atoms with Crippen molar-refractivity contribution in [3.05, 3.63) is 30.7 Å². The summed E-state index contributed by atoms with van der Waals surface area (Å²) in [5.74, 6) is 1.94. The molecule has 0 N–H and O–H groups in total. The number of hydrogen-bond acceptors (Lipinski definition) is 5. The van der Waals surface area contributed by atoms with E-state index in [9.17, 15) is 0 Å². The zero-order valence-corrected chi connectivity index (χ0v) is 12.9. The topological polar surface area (TPSA) is 59.7 Å². The summed E-state index contributed by atoms with van der Waals surface area (Å²) in [6.45, 7) is 8.41. The zero-order chi connectivity index (χ0) is 14.9. The van der Waals surface area contributed by atoms with Crippen LogP contribution in [0.1, 0.15) is 45.5 Å². The Hall–Kier alpha value is -1.98. The first-order chi connectivity index (χ1) is 10.0. The van der Waals surface area contributed by atoms with E-state index in [-0.39, 0.29) is 5.41 Å². The van der Waals surface area contributed by atoms with Crippen LogP contribution in [0.25, 0.3) is 0 Å². The van der Waals surface area contributed by atoms with Crippen LogP contribution in [0.5, 0.6) is 0 Å². The molecule has 1 aliphatic rings. The van der Waals surface area contributed by atoms with E-state index < -0.39 is 0 Å². The molecule has 0 aromatic carbocycles. The van der Waals surface area contributed by atoms with E-state index in [1.54, 1.807) is 6.33 Å².